The third-order valence-corrected chi connectivity index (χ3v) is 3.94. The van der Waals surface area contributed by atoms with Crippen molar-refractivity contribution in [3.05, 3.63) is 68.9 Å². The molecule has 0 amide bonds. The fraction of sp³-hybridized carbons (Fsp3) is 0.158. The van der Waals surface area contributed by atoms with Crippen molar-refractivity contribution in [3.8, 4) is 11.5 Å². The fourth-order valence-corrected chi connectivity index (χ4v) is 2.60. The summed E-state index contributed by atoms with van der Waals surface area (Å²) in [5.41, 5.74) is 1.69. The first-order valence-electron chi connectivity index (χ1n) is 7.92. The van der Waals surface area contributed by atoms with Crippen LogP contribution in [0.2, 0.25) is 0 Å². The predicted octanol–water partition coefficient (Wildman–Crippen LogP) is 3.26. The highest BCUT2D eigenvalue weighted by molar-refractivity contribution is 6.13. The normalized spacial score (nSPS) is 14.7. The average molecular weight is 368 g/mol. The molecule has 0 spiro atoms. The molecule has 27 heavy (non-hydrogen) atoms. The maximum absolute atomic E-state index is 12.2. The van der Waals surface area contributed by atoms with Crippen LogP contribution in [0.15, 0.2) is 47.1 Å². The van der Waals surface area contributed by atoms with Crippen LogP contribution in [0.25, 0.3) is 6.08 Å². The molecule has 8 nitrogen and oxygen atoms in total. The van der Waals surface area contributed by atoms with Crippen LogP contribution >= 0.6 is 0 Å². The number of methoxy groups -OCH3 is 2. The first-order chi connectivity index (χ1) is 12.9. The number of nitro groups is 1. The number of esters is 1. The van der Waals surface area contributed by atoms with E-state index in [1.165, 1.54) is 26.4 Å². The Balaban J connectivity index is 1.96. The maximum atomic E-state index is 12.2. The van der Waals surface area contributed by atoms with Crippen LogP contribution in [-0.4, -0.2) is 31.0 Å². The Morgan fingerprint density at radius 1 is 1.11 bits per heavy atom. The van der Waals surface area contributed by atoms with Crippen molar-refractivity contribution >= 4 is 23.6 Å². The number of aliphatic imine (C=N–C) groups is 1. The van der Waals surface area contributed by atoms with Crippen LogP contribution in [-0.2, 0) is 9.53 Å². The van der Waals surface area contributed by atoms with Crippen molar-refractivity contribution in [3.63, 3.8) is 0 Å². The zero-order valence-corrected chi connectivity index (χ0v) is 14.9. The molecule has 3 rings (SSSR count). The van der Waals surface area contributed by atoms with Crippen molar-refractivity contribution in [1.29, 1.82) is 0 Å². The van der Waals surface area contributed by atoms with Crippen molar-refractivity contribution < 1.29 is 23.9 Å². The van der Waals surface area contributed by atoms with E-state index >= 15 is 0 Å². The molecule has 0 radical (unpaired) electrons. The molecule has 0 saturated carbocycles. The molecular weight excluding hydrogens is 352 g/mol. The fourth-order valence-electron chi connectivity index (χ4n) is 2.60. The molecule has 0 fully saturated rings. The Hall–Kier alpha value is -3.68. The van der Waals surface area contributed by atoms with Crippen molar-refractivity contribution in [2.45, 2.75) is 6.92 Å². The van der Waals surface area contributed by atoms with Gasteiger partial charge in [0.1, 0.15) is 11.5 Å². The van der Waals surface area contributed by atoms with Gasteiger partial charge in [-0.05, 0) is 42.8 Å². The number of nitrogens with zero attached hydrogens (tertiary/aromatic N) is 2. The molecule has 8 heteroatoms. The molecule has 2 aromatic carbocycles. The van der Waals surface area contributed by atoms with Crippen LogP contribution in [0, 0.1) is 17.0 Å². The van der Waals surface area contributed by atoms with Gasteiger partial charge in [0.15, 0.2) is 5.70 Å². The summed E-state index contributed by atoms with van der Waals surface area (Å²) in [7, 11) is 3.06. The molecular formula is C19H16N2O6. The Morgan fingerprint density at radius 3 is 2.33 bits per heavy atom. The van der Waals surface area contributed by atoms with Gasteiger partial charge in [-0.15, -0.1) is 0 Å². The van der Waals surface area contributed by atoms with Crippen LogP contribution in [0.1, 0.15) is 16.7 Å². The van der Waals surface area contributed by atoms with Gasteiger partial charge in [0.25, 0.3) is 5.69 Å². The van der Waals surface area contributed by atoms with Gasteiger partial charge in [-0.2, -0.15) is 0 Å². The second-order valence-corrected chi connectivity index (χ2v) is 5.74. The van der Waals surface area contributed by atoms with E-state index in [0.29, 0.717) is 28.2 Å². The van der Waals surface area contributed by atoms with E-state index in [1.54, 1.807) is 37.3 Å². The number of carbonyl (C=O) groups excluding carboxylic acids is 1. The molecule has 0 N–H and O–H groups in total. The molecule has 1 aliphatic heterocycles. The number of hydrogen-bond acceptors (Lipinski definition) is 7. The van der Waals surface area contributed by atoms with Gasteiger partial charge in [-0.1, -0.05) is 0 Å². The molecule has 0 aliphatic carbocycles. The third kappa shape index (κ3) is 3.79. The number of benzene rings is 2. The standard InChI is InChI=1S/C19H16N2O6/c1-11-6-13(4-5-17(11)21(23)24)18-20-16(19(22)27-18)9-12-7-14(25-2)10-15(8-12)26-3/h4-10H,1-3H3/b16-9-. The van der Waals surface area contributed by atoms with E-state index in [1.807, 2.05) is 0 Å². The molecule has 0 atom stereocenters. The van der Waals surface area contributed by atoms with Gasteiger partial charge < -0.3 is 14.2 Å². The van der Waals surface area contributed by atoms with Gasteiger partial charge >= 0.3 is 5.97 Å². The summed E-state index contributed by atoms with van der Waals surface area (Å²) in [6.45, 7) is 1.61. The summed E-state index contributed by atoms with van der Waals surface area (Å²) >= 11 is 0. The zero-order chi connectivity index (χ0) is 19.6. The molecule has 1 heterocycles. The lowest BCUT2D eigenvalue weighted by Crippen LogP contribution is -2.06. The smallest absolute Gasteiger partial charge is 0.363 e. The number of carbonyl (C=O) groups is 1. The molecule has 2 aromatic rings. The van der Waals surface area contributed by atoms with Crippen LogP contribution in [0.4, 0.5) is 5.69 Å². The molecule has 0 unspecified atom stereocenters. The molecule has 1 aliphatic rings. The highest BCUT2D eigenvalue weighted by Crippen LogP contribution is 2.27. The van der Waals surface area contributed by atoms with Crippen LogP contribution in [0.3, 0.4) is 0 Å². The Labute approximate surface area is 154 Å². The number of rotatable bonds is 5. The minimum atomic E-state index is -0.609. The van der Waals surface area contributed by atoms with E-state index in [9.17, 15) is 14.9 Å². The van der Waals surface area contributed by atoms with E-state index in [-0.39, 0.29) is 17.3 Å². The van der Waals surface area contributed by atoms with E-state index in [2.05, 4.69) is 4.99 Å². The Bertz CT molecular complexity index is 971. The maximum Gasteiger partial charge on any atom is 0.363 e. The number of ether oxygens (including phenoxy) is 3. The number of aryl methyl sites for hydroxylation is 1. The monoisotopic (exact) mass is 368 g/mol. The lowest BCUT2D eigenvalue weighted by Gasteiger charge is -2.05. The van der Waals surface area contributed by atoms with Crippen molar-refractivity contribution in [2.24, 2.45) is 4.99 Å². The quantitative estimate of drug-likeness (QED) is 0.347. The van der Waals surface area contributed by atoms with E-state index < -0.39 is 10.9 Å². The summed E-state index contributed by atoms with van der Waals surface area (Å²) in [6.07, 6.45) is 1.55. The van der Waals surface area contributed by atoms with E-state index in [0.717, 1.165) is 0 Å². The molecule has 138 valence electrons. The van der Waals surface area contributed by atoms with Crippen LogP contribution < -0.4 is 9.47 Å². The topological polar surface area (TPSA) is 100 Å². The first-order valence-corrected chi connectivity index (χ1v) is 7.92. The summed E-state index contributed by atoms with van der Waals surface area (Å²) < 4.78 is 15.6. The third-order valence-electron chi connectivity index (χ3n) is 3.94. The summed E-state index contributed by atoms with van der Waals surface area (Å²) in [4.78, 5) is 26.8. The van der Waals surface area contributed by atoms with Gasteiger partial charge in [0.2, 0.25) is 5.90 Å². The highest BCUT2D eigenvalue weighted by atomic mass is 16.6. The molecule has 0 aromatic heterocycles. The lowest BCUT2D eigenvalue weighted by molar-refractivity contribution is -0.385. The molecule has 0 saturated heterocycles. The second kappa shape index (κ2) is 7.28. The van der Waals surface area contributed by atoms with Gasteiger partial charge in [0, 0.05) is 23.3 Å². The summed E-state index contributed by atoms with van der Waals surface area (Å²) in [5.74, 6) is 0.632. The average Bonchev–Trinajstić information content (AvgIpc) is 3.01. The van der Waals surface area contributed by atoms with Crippen molar-refractivity contribution in [1.82, 2.24) is 0 Å². The second-order valence-electron chi connectivity index (χ2n) is 5.74. The highest BCUT2D eigenvalue weighted by Gasteiger charge is 2.25. The number of hydrogen-bond donors (Lipinski definition) is 0. The zero-order valence-electron chi connectivity index (χ0n) is 14.9. The molecule has 0 bridgehead atoms. The SMILES string of the molecule is COc1cc(/C=C2\N=C(c3ccc([N+](=O)[O-])c(C)c3)OC2=O)cc(OC)c1. The number of cyclic esters (lactones) is 1. The van der Waals surface area contributed by atoms with Gasteiger partial charge in [-0.25, -0.2) is 9.79 Å². The van der Waals surface area contributed by atoms with Gasteiger partial charge in [0.05, 0.1) is 19.1 Å². The predicted molar refractivity (Wildman–Crippen MR) is 98.0 cm³/mol. The minimum absolute atomic E-state index is 0.0112. The van der Waals surface area contributed by atoms with Crippen LogP contribution in [0.5, 0.6) is 11.5 Å². The van der Waals surface area contributed by atoms with E-state index in [4.69, 9.17) is 14.2 Å². The Morgan fingerprint density at radius 2 is 1.78 bits per heavy atom. The lowest BCUT2D eigenvalue weighted by atomic mass is 10.1. The first kappa shape index (κ1) is 18.1. The van der Waals surface area contributed by atoms with Crippen molar-refractivity contribution in [2.75, 3.05) is 14.2 Å². The Kier molecular flexibility index (Phi) is 4.89. The summed E-state index contributed by atoms with van der Waals surface area (Å²) in [6, 6.07) is 9.58. The minimum Gasteiger partial charge on any atom is -0.497 e. The summed E-state index contributed by atoms with van der Waals surface area (Å²) in [5, 5.41) is 10.9. The van der Waals surface area contributed by atoms with Gasteiger partial charge in [-0.3, -0.25) is 10.1 Å². The largest absolute Gasteiger partial charge is 0.497 e. The number of nitro benzene ring substituents is 1.